The molecule has 1 heterocycles. The zero-order valence-corrected chi connectivity index (χ0v) is 10.9. The molecule has 2 rings (SSSR count). The van der Waals surface area contributed by atoms with Crippen LogP contribution in [0, 0.1) is 5.92 Å². The SMILES string of the molecule is CCCCOC(=O)CC1COc2ccccc2C1. The number of carbonyl (C=O) groups excluding carboxylic acids is 1. The van der Waals surface area contributed by atoms with Crippen LogP contribution >= 0.6 is 0 Å². The Labute approximate surface area is 108 Å². The number of unbranched alkanes of at least 4 members (excludes halogenated alkanes) is 1. The molecule has 18 heavy (non-hydrogen) atoms. The van der Waals surface area contributed by atoms with Gasteiger partial charge in [-0.1, -0.05) is 31.5 Å². The third-order valence-corrected chi connectivity index (χ3v) is 3.17. The van der Waals surface area contributed by atoms with E-state index in [9.17, 15) is 4.79 Å². The van der Waals surface area contributed by atoms with Crippen LogP contribution in [0.2, 0.25) is 0 Å². The van der Waals surface area contributed by atoms with Gasteiger partial charge in [0, 0.05) is 5.92 Å². The Morgan fingerprint density at radius 2 is 2.28 bits per heavy atom. The minimum Gasteiger partial charge on any atom is -0.493 e. The lowest BCUT2D eigenvalue weighted by Crippen LogP contribution is -2.24. The zero-order chi connectivity index (χ0) is 12.8. The lowest BCUT2D eigenvalue weighted by atomic mass is 9.94. The van der Waals surface area contributed by atoms with Crippen LogP contribution < -0.4 is 4.74 Å². The van der Waals surface area contributed by atoms with Crippen molar-refractivity contribution < 1.29 is 14.3 Å². The molecule has 0 amide bonds. The van der Waals surface area contributed by atoms with Crippen molar-refractivity contribution in [3.63, 3.8) is 0 Å². The molecule has 0 N–H and O–H groups in total. The average molecular weight is 248 g/mol. The predicted molar refractivity (Wildman–Crippen MR) is 69.6 cm³/mol. The number of carbonyl (C=O) groups is 1. The first-order valence-electron chi connectivity index (χ1n) is 6.66. The van der Waals surface area contributed by atoms with Crippen molar-refractivity contribution in [3.8, 4) is 5.75 Å². The second-order valence-corrected chi connectivity index (χ2v) is 4.77. The highest BCUT2D eigenvalue weighted by atomic mass is 16.5. The van der Waals surface area contributed by atoms with Crippen LogP contribution in [-0.4, -0.2) is 19.2 Å². The van der Waals surface area contributed by atoms with Crippen molar-refractivity contribution in [2.24, 2.45) is 5.92 Å². The Morgan fingerprint density at radius 1 is 1.44 bits per heavy atom. The predicted octanol–water partition coefficient (Wildman–Crippen LogP) is 2.97. The third-order valence-electron chi connectivity index (χ3n) is 3.17. The summed E-state index contributed by atoms with van der Waals surface area (Å²) in [6, 6.07) is 8.01. The molecule has 1 aromatic carbocycles. The first-order chi connectivity index (χ1) is 8.79. The molecule has 0 radical (unpaired) electrons. The maximum absolute atomic E-state index is 11.6. The summed E-state index contributed by atoms with van der Waals surface area (Å²) in [5, 5.41) is 0. The fourth-order valence-corrected chi connectivity index (χ4v) is 2.15. The Bertz CT molecular complexity index is 400. The quantitative estimate of drug-likeness (QED) is 0.593. The van der Waals surface area contributed by atoms with Gasteiger partial charge >= 0.3 is 5.97 Å². The van der Waals surface area contributed by atoms with Gasteiger partial charge in [-0.05, 0) is 24.5 Å². The molecular weight excluding hydrogens is 228 g/mol. The van der Waals surface area contributed by atoms with E-state index in [0.29, 0.717) is 19.6 Å². The second kappa shape index (κ2) is 6.43. The van der Waals surface area contributed by atoms with E-state index in [1.165, 1.54) is 5.56 Å². The molecule has 0 spiro atoms. The van der Waals surface area contributed by atoms with Gasteiger partial charge in [-0.25, -0.2) is 0 Å². The summed E-state index contributed by atoms with van der Waals surface area (Å²) in [5.41, 5.74) is 1.19. The number of para-hydroxylation sites is 1. The highest BCUT2D eigenvalue weighted by molar-refractivity contribution is 5.69. The lowest BCUT2D eigenvalue weighted by molar-refractivity contribution is -0.145. The first kappa shape index (κ1) is 12.9. The molecule has 1 atom stereocenters. The average Bonchev–Trinajstić information content (AvgIpc) is 2.39. The Morgan fingerprint density at radius 3 is 3.11 bits per heavy atom. The van der Waals surface area contributed by atoms with Gasteiger partial charge in [0.25, 0.3) is 0 Å². The van der Waals surface area contributed by atoms with Gasteiger partial charge < -0.3 is 9.47 Å². The number of benzene rings is 1. The van der Waals surface area contributed by atoms with Gasteiger partial charge in [0.2, 0.25) is 0 Å². The van der Waals surface area contributed by atoms with Gasteiger partial charge in [0.15, 0.2) is 0 Å². The molecule has 3 nitrogen and oxygen atoms in total. The van der Waals surface area contributed by atoms with E-state index in [-0.39, 0.29) is 11.9 Å². The maximum atomic E-state index is 11.6. The Hall–Kier alpha value is -1.51. The third kappa shape index (κ3) is 3.49. The fourth-order valence-electron chi connectivity index (χ4n) is 2.15. The standard InChI is InChI=1S/C15H20O3/c1-2-3-8-17-15(16)10-12-9-13-6-4-5-7-14(13)18-11-12/h4-7,12H,2-3,8-11H2,1H3. The van der Waals surface area contributed by atoms with Crippen molar-refractivity contribution in [1.29, 1.82) is 0 Å². The van der Waals surface area contributed by atoms with Crippen LogP contribution in [0.5, 0.6) is 5.75 Å². The van der Waals surface area contributed by atoms with Crippen molar-refractivity contribution in [2.75, 3.05) is 13.2 Å². The highest BCUT2D eigenvalue weighted by Crippen LogP contribution is 2.28. The van der Waals surface area contributed by atoms with Crippen molar-refractivity contribution in [1.82, 2.24) is 0 Å². The van der Waals surface area contributed by atoms with E-state index in [2.05, 4.69) is 13.0 Å². The number of hydrogen-bond acceptors (Lipinski definition) is 3. The summed E-state index contributed by atoms with van der Waals surface area (Å²) in [7, 11) is 0. The lowest BCUT2D eigenvalue weighted by Gasteiger charge is -2.24. The molecular formula is C15H20O3. The fraction of sp³-hybridized carbons (Fsp3) is 0.533. The minimum atomic E-state index is -0.101. The molecule has 0 aromatic heterocycles. The van der Waals surface area contributed by atoms with Gasteiger partial charge in [-0.2, -0.15) is 0 Å². The number of fused-ring (bicyclic) bond motifs is 1. The van der Waals surface area contributed by atoms with Crippen LogP contribution in [0.25, 0.3) is 0 Å². The largest absolute Gasteiger partial charge is 0.493 e. The normalized spacial score (nSPS) is 17.7. The zero-order valence-electron chi connectivity index (χ0n) is 10.9. The smallest absolute Gasteiger partial charge is 0.306 e. The number of esters is 1. The first-order valence-corrected chi connectivity index (χ1v) is 6.66. The molecule has 0 fully saturated rings. The van der Waals surface area contributed by atoms with E-state index in [1.54, 1.807) is 0 Å². The highest BCUT2D eigenvalue weighted by Gasteiger charge is 2.22. The number of hydrogen-bond donors (Lipinski definition) is 0. The Kier molecular flexibility index (Phi) is 4.62. The van der Waals surface area contributed by atoms with Crippen molar-refractivity contribution >= 4 is 5.97 Å². The van der Waals surface area contributed by atoms with Crippen LogP contribution in [0.4, 0.5) is 0 Å². The molecule has 1 aliphatic rings. The summed E-state index contributed by atoms with van der Waals surface area (Å²) in [4.78, 5) is 11.6. The second-order valence-electron chi connectivity index (χ2n) is 4.77. The Balaban J connectivity index is 1.80. The van der Waals surface area contributed by atoms with E-state index >= 15 is 0 Å². The van der Waals surface area contributed by atoms with Gasteiger partial charge in [0.1, 0.15) is 5.75 Å². The topological polar surface area (TPSA) is 35.5 Å². The summed E-state index contributed by atoms with van der Waals surface area (Å²) in [6.45, 7) is 3.24. The van der Waals surface area contributed by atoms with E-state index in [4.69, 9.17) is 9.47 Å². The van der Waals surface area contributed by atoms with E-state index < -0.39 is 0 Å². The minimum absolute atomic E-state index is 0.101. The monoisotopic (exact) mass is 248 g/mol. The summed E-state index contributed by atoms with van der Waals surface area (Å²) in [6.07, 6.45) is 3.35. The van der Waals surface area contributed by atoms with Crippen molar-refractivity contribution in [3.05, 3.63) is 29.8 Å². The summed E-state index contributed by atoms with van der Waals surface area (Å²) < 4.78 is 10.8. The van der Waals surface area contributed by atoms with Gasteiger partial charge in [-0.15, -0.1) is 0 Å². The number of ether oxygens (including phenoxy) is 2. The molecule has 0 aliphatic carbocycles. The molecule has 1 unspecified atom stereocenters. The summed E-state index contributed by atoms with van der Waals surface area (Å²) >= 11 is 0. The summed E-state index contributed by atoms with van der Waals surface area (Å²) in [5.74, 6) is 1.10. The number of rotatable bonds is 5. The van der Waals surface area contributed by atoms with E-state index in [1.807, 2.05) is 18.2 Å². The maximum Gasteiger partial charge on any atom is 0.306 e. The molecule has 1 aliphatic heterocycles. The van der Waals surface area contributed by atoms with Crippen molar-refractivity contribution in [2.45, 2.75) is 32.6 Å². The van der Waals surface area contributed by atoms with Crippen LogP contribution in [0.15, 0.2) is 24.3 Å². The molecule has 1 aromatic rings. The van der Waals surface area contributed by atoms with Gasteiger partial charge in [0.05, 0.1) is 19.6 Å². The molecule has 3 heteroatoms. The molecule has 0 saturated carbocycles. The molecule has 0 bridgehead atoms. The van der Waals surface area contributed by atoms with Crippen LogP contribution in [0.3, 0.4) is 0 Å². The van der Waals surface area contributed by atoms with E-state index in [0.717, 1.165) is 25.0 Å². The van der Waals surface area contributed by atoms with Crippen LogP contribution in [-0.2, 0) is 16.0 Å². The van der Waals surface area contributed by atoms with Gasteiger partial charge in [-0.3, -0.25) is 4.79 Å². The molecule has 0 saturated heterocycles. The van der Waals surface area contributed by atoms with Crippen LogP contribution in [0.1, 0.15) is 31.7 Å². The molecule has 98 valence electrons.